The van der Waals surface area contributed by atoms with Crippen LogP contribution in [0.4, 0.5) is 0 Å². The van der Waals surface area contributed by atoms with Gasteiger partial charge in [-0.05, 0) is 81.2 Å². The third-order valence-electron chi connectivity index (χ3n) is 8.71. The molecule has 0 bridgehead atoms. The minimum Gasteiger partial charge on any atom is -0.387 e. The molecule has 1 aliphatic carbocycles. The number of nitrogens with one attached hydrogen (secondary N) is 2. The molecule has 1 saturated heterocycles. The Morgan fingerprint density at radius 3 is 2.43 bits per heavy atom. The molecule has 2 fully saturated rings. The molecule has 2 aromatic rings. The smallest absolute Gasteiger partial charge is 0.246 e. The van der Waals surface area contributed by atoms with Crippen molar-refractivity contribution in [3.05, 3.63) is 70.3 Å². The number of thioether (sulfide) groups is 1. The van der Waals surface area contributed by atoms with Crippen molar-refractivity contribution in [2.45, 2.75) is 94.0 Å². The van der Waals surface area contributed by atoms with Crippen molar-refractivity contribution >= 4 is 23.6 Å². The molecule has 11 heteroatoms. The van der Waals surface area contributed by atoms with Crippen molar-refractivity contribution in [3.63, 3.8) is 0 Å². The molecular formula is C36H49N3O7S. The van der Waals surface area contributed by atoms with Crippen LogP contribution in [0.1, 0.15) is 67.0 Å². The third-order valence-corrected chi connectivity index (χ3v) is 9.56. The van der Waals surface area contributed by atoms with Crippen molar-refractivity contribution in [1.29, 1.82) is 0 Å². The van der Waals surface area contributed by atoms with E-state index in [2.05, 4.69) is 16.6 Å². The maximum atomic E-state index is 13.0. The molecule has 5 N–H and O–H groups in total. The highest BCUT2D eigenvalue weighted by Gasteiger charge is 2.52. The number of amides is 2. The number of ether oxygens (including phenoxy) is 2. The van der Waals surface area contributed by atoms with Gasteiger partial charge in [-0.25, -0.2) is 0 Å². The van der Waals surface area contributed by atoms with Crippen molar-refractivity contribution in [2.75, 3.05) is 33.0 Å². The first-order valence-electron chi connectivity index (χ1n) is 16.0. The van der Waals surface area contributed by atoms with Crippen LogP contribution < -0.4 is 10.6 Å². The van der Waals surface area contributed by atoms with Crippen LogP contribution in [0.25, 0.3) is 0 Å². The fourth-order valence-electron chi connectivity index (χ4n) is 5.92. The molecule has 2 aliphatic rings. The minimum atomic E-state index is -1.29. The number of aliphatic hydroxyl groups is 3. The minimum absolute atomic E-state index is 0.157. The van der Waals surface area contributed by atoms with E-state index in [1.165, 1.54) is 11.8 Å². The van der Waals surface area contributed by atoms with Crippen LogP contribution in [0.5, 0.6) is 0 Å². The number of hydrogen-bond donors (Lipinski definition) is 5. The van der Waals surface area contributed by atoms with Crippen LogP contribution in [-0.2, 0) is 32.1 Å². The van der Waals surface area contributed by atoms with E-state index in [0.717, 1.165) is 27.8 Å². The van der Waals surface area contributed by atoms with Crippen LogP contribution in [-0.4, -0.2) is 99.9 Å². The highest BCUT2D eigenvalue weighted by molar-refractivity contribution is 7.99. The van der Waals surface area contributed by atoms with Gasteiger partial charge in [-0.1, -0.05) is 48.4 Å². The van der Waals surface area contributed by atoms with E-state index in [0.29, 0.717) is 39.0 Å². The molecule has 47 heavy (non-hydrogen) atoms. The van der Waals surface area contributed by atoms with Gasteiger partial charge in [0.05, 0.1) is 26.2 Å². The molecule has 1 aliphatic heterocycles. The van der Waals surface area contributed by atoms with Gasteiger partial charge in [0.1, 0.15) is 35.4 Å². The van der Waals surface area contributed by atoms with E-state index >= 15 is 0 Å². The van der Waals surface area contributed by atoms with Crippen LogP contribution in [0.3, 0.4) is 0 Å². The highest BCUT2D eigenvalue weighted by atomic mass is 32.2. The summed E-state index contributed by atoms with van der Waals surface area (Å²) in [4.78, 5) is 27.6. The Morgan fingerprint density at radius 1 is 1.11 bits per heavy atom. The number of aliphatic hydroxyl groups excluding tert-OH is 3. The largest absolute Gasteiger partial charge is 0.387 e. The molecule has 10 nitrogen and oxygen atoms in total. The lowest BCUT2D eigenvalue weighted by Crippen LogP contribution is -2.58. The van der Waals surface area contributed by atoms with E-state index in [-0.39, 0.29) is 24.8 Å². The van der Waals surface area contributed by atoms with Crippen LogP contribution in [0.15, 0.2) is 42.5 Å². The van der Waals surface area contributed by atoms with Gasteiger partial charge in [-0.15, -0.1) is 18.2 Å². The summed E-state index contributed by atoms with van der Waals surface area (Å²) in [6.07, 6.45) is 4.78. The van der Waals surface area contributed by atoms with Crippen LogP contribution in [0.2, 0.25) is 0 Å². The number of rotatable bonds is 15. The first kappa shape index (κ1) is 36.9. The van der Waals surface area contributed by atoms with Crippen molar-refractivity contribution < 1.29 is 34.4 Å². The highest BCUT2D eigenvalue weighted by Crippen LogP contribution is 2.37. The maximum absolute atomic E-state index is 13.0. The number of nitrogens with zero attached hydrogens (tertiary/aromatic N) is 1. The number of aryl methyl sites for hydroxylation is 1. The monoisotopic (exact) mass is 667 g/mol. The van der Waals surface area contributed by atoms with E-state index < -0.39 is 40.9 Å². The third kappa shape index (κ3) is 9.80. The number of carbonyl (C=O) groups is 2. The number of benzene rings is 2. The van der Waals surface area contributed by atoms with Crippen LogP contribution in [0, 0.1) is 19.3 Å². The van der Waals surface area contributed by atoms with Gasteiger partial charge in [0, 0.05) is 12.1 Å². The Bertz CT molecular complexity index is 1420. The first-order chi connectivity index (χ1) is 22.3. The molecule has 2 aromatic carbocycles. The lowest BCUT2D eigenvalue weighted by Gasteiger charge is -2.40. The van der Waals surface area contributed by atoms with E-state index in [1.807, 2.05) is 75.2 Å². The summed E-state index contributed by atoms with van der Waals surface area (Å²) < 4.78 is 11.7. The fourth-order valence-corrected chi connectivity index (χ4v) is 6.59. The van der Waals surface area contributed by atoms with Gasteiger partial charge < -0.3 is 35.4 Å². The predicted octanol–water partition coefficient (Wildman–Crippen LogP) is 2.44. The standard InChI is InChI=1S/C36H49N3O7S/c1-7-17-39(5)22-35(3,4)38-34(44)36(15-16-36)37-28(40)14-18-45-21-25-11-9-24(10-12-25)19-27-20-26(13-8-23(27)2)32-30(42)29(41)31(43)33(46-32)47-6/h1,8-13,20,29-33,41-43H,14-19,21-22H2,2-6H3,(H,37,40)(H,38,44)/t29-,30-,31+,32+,33-/m1/s1. The van der Waals surface area contributed by atoms with Gasteiger partial charge in [-0.2, -0.15) is 0 Å². The fraction of sp³-hybridized carbons (Fsp3) is 0.556. The molecule has 1 saturated carbocycles. The second kappa shape index (κ2) is 16.0. The SMILES string of the molecule is C#CCN(C)CC(C)(C)NC(=O)C1(NC(=O)CCOCc2ccc(Cc3cc([C@@H]4O[C@H](SC)[C@@H](O)[C@H](O)[C@H]4O)ccc3C)cc2)CC1. The molecule has 1 heterocycles. The Balaban J connectivity index is 1.23. The Kier molecular flexibility index (Phi) is 12.5. The summed E-state index contributed by atoms with van der Waals surface area (Å²) in [5, 5.41) is 37.2. The van der Waals surface area contributed by atoms with Gasteiger partial charge in [0.25, 0.3) is 0 Å². The molecule has 0 radical (unpaired) electrons. The zero-order valence-corrected chi connectivity index (χ0v) is 28.8. The summed E-state index contributed by atoms with van der Waals surface area (Å²) >= 11 is 1.29. The number of hydrogen-bond acceptors (Lipinski definition) is 9. The lowest BCUT2D eigenvalue weighted by atomic mass is 9.91. The zero-order chi connectivity index (χ0) is 34.4. The second-order valence-electron chi connectivity index (χ2n) is 13.5. The van der Waals surface area contributed by atoms with Crippen molar-refractivity contribution in [1.82, 2.24) is 15.5 Å². The van der Waals surface area contributed by atoms with E-state index in [1.54, 1.807) is 6.26 Å². The summed E-state index contributed by atoms with van der Waals surface area (Å²) in [7, 11) is 1.90. The number of carbonyl (C=O) groups excluding carboxylic acids is 2. The average Bonchev–Trinajstić information content (AvgIpc) is 3.80. The quantitative estimate of drug-likeness (QED) is 0.143. The van der Waals surface area contributed by atoms with Crippen LogP contribution >= 0.6 is 11.8 Å². The molecule has 0 spiro atoms. The zero-order valence-electron chi connectivity index (χ0n) is 28.0. The molecule has 0 unspecified atom stereocenters. The summed E-state index contributed by atoms with van der Waals surface area (Å²) in [5.74, 6) is 2.21. The Hall–Kier alpha value is -2.95. The molecule has 4 rings (SSSR count). The molecule has 5 atom stereocenters. The Labute approximate surface area is 282 Å². The second-order valence-corrected chi connectivity index (χ2v) is 14.4. The number of likely N-dealkylation sites (N-methyl/N-ethyl adjacent to an activating group) is 1. The average molecular weight is 668 g/mol. The van der Waals surface area contributed by atoms with Crippen molar-refractivity contribution in [2.24, 2.45) is 0 Å². The predicted molar refractivity (Wildman–Crippen MR) is 183 cm³/mol. The summed E-state index contributed by atoms with van der Waals surface area (Å²) in [5.41, 5.74) is 2.99. The maximum Gasteiger partial charge on any atom is 0.246 e. The molecular weight excluding hydrogens is 618 g/mol. The van der Waals surface area contributed by atoms with Gasteiger partial charge in [-0.3, -0.25) is 14.5 Å². The Morgan fingerprint density at radius 2 is 1.79 bits per heavy atom. The molecule has 2 amide bonds. The topological polar surface area (TPSA) is 141 Å². The molecule has 256 valence electrons. The molecule has 0 aromatic heterocycles. The summed E-state index contributed by atoms with van der Waals surface area (Å²) in [6, 6.07) is 13.9. The lowest BCUT2D eigenvalue weighted by molar-refractivity contribution is -0.200. The number of terminal acetylenes is 1. The van der Waals surface area contributed by atoms with Gasteiger partial charge in [0.15, 0.2) is 0 Å². The van der Waals surface area contributed by atoms with E-state index in [9.17, 15) is 24.9 Å². The van der Waals surface area contributed by atoms with E-state index in [4.69, 9.17) is 15.9 Å². The summed E-state index contributed by atoms with van der Waals surface area (Å²) in [6.45, 7) is 7.57. The van der Waals surface area contributed by atoms with Crippen molar-refractivity contribution in [3.8, 4) is 12.3 Å². The normalized spacial score (nSPS) is 23.6. The first-order valence-corrected chi connectivity index (χ1v) is 17.3. The van der Waals surface area contributed by atoms with Gasteiger partial charge in [0.2, 0.25) is 11.8 Å². The van der Waals surface area contributed by atoms with Gasteiger partial charge >= 0.3 is 0 Å².